The van der Waals surface area contributed by atoms with Crippen molar-refractivity contribution in [1.29, 1.82) is 0 Å². The number of sulfonamides is 1. The van der Waals surface area contributed by atoms with Gasteiger partial charge in [-0.05, 0) is 39.0 Å². The highest BCUT2D eigenvalue weighted by atomic mass is 32.2. The molecule has 0 bridgehead atoms. The molecule has 0 spiro atoms. The lowest BCUT2D eigenvalue weighted by atomic mass is 10.1. The molecule has 1 unspecified atom stereocenters. The second-order valence-corrected chi connectivity index (χ2v) is 9.40. The lowest BCUT2D eigenvalue weighted by molar-refractivity contribution is -0.144. The van der Waals surface area contributed by atoms with Gasteiger partial charge in [0.1, 0.15) is 22.0 Å². The Morgan fingerprint density at radius 2 is 2.00 bits per heavy atom. The second-order valence-electron chi connectivity index (χ2n) is 7.19. The highest BCUT2D eigenvalue weighted by molar-refractivity contribution is 7.89. The number of hydrogen-bond donors (Lipinski definition) is 1. The number of fused-ring (bicyclic) bond motifs is 1. The van der Waals surface area contributed by atoms with Gasteiger partial charge in [-0.25, -0.2) is 8.42 Å². The molecule has 0 fully saturated rings. The van der Waals surface area contributed by atoms with Gasteiger partial charge in [0.05, 0.1) is 18.3 Å². The minimum absolute atomic E-state index is 0.0806. The molecule has 0 radical (unpaired) electrons. The van der Waals surface area contributed by atoms with Crippen molar-refractivity contribution in [1.82, 2.24) is 18.0 Å². The Bertz CT molecular complexity index is 1250. The zero-order valence-electron chi connectivity index (χ0n) is 18.1. The maximum Gasteiger partial charge on any atom is 0.324 e. The highest BCUT2D eigenvalue weighted by Crippen LogP contribution is 2.21. The van der Waals surface area contributed by atoms with Crippen LogP contribution in [0.15, 0.2) is 29.2 Å². The number of methoxy groups -OCH3 is 1. The van der Waals surface area contributed by atoms with Crippen LogP contribution in [-0.2, 0) is 30.8 Å². The fourth-order valence-corrected chi connectivity index (χ4v) is 5.25. The smallest absolute Gasteiger partial charge is 0.324 e. The Morgan fingerprint density at radius 1 is 1.25 bits per heavy atom. The fraction of sp³-hybridized carbons (Fsp3) is 0.400. The molecule has 3 rings (SSSR count). The summed E-state index contributed by atoms with van der Waals surface area (Å²) in [5.41, 5.74) is 2.76. The van der Waals surface area contributed by atoms with Crippen LogP contribution in [0.4, 0.5) is 0 Å². The standard InChI is InChI=1S/C20H24N4O6S2/c1-12-10-15(14(3)24(12)8-9-29-4)17(25)11-30-20(26)13(2)23-32(27,28)18-7-5-6-16-19(18)22-31-21-16/h5-7,10,13,23H,8-9,11H2,1-4H3. The van der Waals surface area contributed by atoms with Gasteiger partial charge >= 0.3 is 5.97 Å². The molecular weight excluding hydrogens is 456 g/mol. The van der Waals surface area contributed by atoms with Gasteiger partial charge in [0, 0.05) is 30.6 Å². The Morgan fingerprint density at radius 3 is 2.72 bits per heavy atom. The average Bonchev–Trinajstić information content (AvgIpc) is 3.34. The molecule has 32 heavy (non-hydrogen) atoms. The van der Waals surface area contributed by atoms with Crippen molar-refractivity contribution in [3.8, 4) is 0 Å². The molecule has 2 heterocycles. The lowest BCUT2D eigenvalue weighted by Gasteiger charge is -2.14. The zero-order valence-corrected chi connectivity index (χ0v) is 19.7. The molecular formula is C20H24N4O6S2. The van der Waals surface area contributed by atoms with E-state index < -0.39 is 28.6 Å². The van der Waals surface area contributed by atoms with Crippen LogP contribution in [0.5, 0.6) is 0 Å². The van der Waals surface area contributed by atoms with E-state index in [0.717, 1.165) is 23.1 Å². The van der Waals surface area contributed by atoms with Gasteiger partial charge < -0.3 is 14.0 Å². The quantitative estimate of drug-likeness (QED) is 0.344. The van der Waals surface area contributed by atoms with Crippen LogP contribution in [-0.4, -0.2) is 59.8 Å². The molecule has 1 N–H and O–H groups in total. The number of esters is 1. The summed E-state index contributed by atoms with van der Waals surface area (Å²) in [7, 11) is -2.46. The number of rotatable bonds is 10. The van der Waals surface area contributed by atoms with Gasteiger partial charge in [0.15, 0.2) is 6.61 Å². The van der Waals surface area contributed by atoms with Gasteiger partial charge in [-0.15, -0.1) is 0 Å². The summed E-state index contributed by atoms with van der Waals surface area (Å²) in [5, 5.41) is 0. The van der Waals surface area contributed by atoms with Gasteiger partial charge in [-0.1, -0.05) is 6.07 Å². The summed E-state index contributed by atoms with van der Waals surface area (Å²) < 4.78 is 47.9. The van der Waals surface area contributed by atoms with E-state index in [-0.39, 0.29) is 16.2 Å². The van der Waals surface area contributed by atoms with Crippen LogP contribution >= 0.6 is 11.7 Å². The Kier molecular flexibility index (Phi) is 7.39. The maximum absolute atomic E-state index is 12.7. The van der Waals surface area contributed by atoms with E-state index in [9.17, 15) is 18.0 Å². The predicted octanol–water partition coefficient (Wildman–Crippen LogP) is 1.85. The van der Waals surface area contributed by atoms with Crippen LogP contribution in [0.2, 0.25) is 0 Å². The summed E-state index contributed by atoms with van der Waals surface area (Å²) in [6, 6.07) is 5.10. The number of ether oxygens (including phenoxy) is 2. The molecule has 0 saturated carbocycles. The number of benzene rings is 1. The number of nitrogens with one attached hydrogen (secondary N) is 1. The first-order valence-corrected chi connectivity index (χ1v) is 12.0. The number of aryl methyl sites for hydroxylation is 1. The minimum Gasteiger partial charge on any atom is -0.456 e. The number of Topliss-reactive ketones (excluding diaryl/α,β-unsaturated/α-hetero) is 1. The number of nitrogens with zero attached hydrogens (tertiary/aromatic N) is 3. The molecule has 12 heteroatoms. The zero-order chi connectivity index (χ0) is 23.5. The van der Waals surface area contributed by atoms with Gasteiger partial charge in [-0.3, -0.25) is 9.59 Å². The number of carbonyl (C=O) groups is 2. The monoisotopic (exact) mass is 480 g/mol. The lowest BCUT2D eigenvalue weighted by Crippen LogP contribution is -2.40. The summed E-state index contributed by atoms with van der Waals surface area (Å²) in [6.07, 6.45) is 0. The van der Waals surface area contributed by atoms with Crippen LogP contribution in [0.1, 0.15) is 28.7 Å². The molecule has 1 atom stereocenters. The average molecular weight is 481 g/mol. The highest BCUT2D eigenvalue weighted by Gasteiger charge is 2.26. The van der Waals surface area contributed by atoms with Crippen molar-refractivity contribution < 1.29 is 27.5 Å². The van der Waals surface area contributed by atoms with Crippen LogP contribution < -0.4 is 4.72 Å². The van der Waals surface area contributed by atoms with Crippen molar-refractivity contribution in [2.75, 3.05) is 20.3 Å². The summed E-state index contributed by atoms with van der Waals surface area (Å²) in [5.74, 6) is -1.23. The van der Waals surface area contributed by atoms with E-state index in [4.69, 9.17) is 9.47 Å². The van der Waals surface area contributed by atoms with E-state index >= 15 is 0 Å². The maximum atomic E-state index is 12.7. The van der Waals surface area contributed by atoms with Gasteiger partial charge in [-0.2, -0.15) is 13.5 Å². The number of hydrogen-bond acceptors (Lipinski definition) is 9. The van der Waals surface area contributed by atoms with Crippen molar-refractivity contribution in [2.24, 2.45) is 0 Å². The normalized spacial score (nSPS) is 12.8. The third kappa shape index (κ3) is 5.04. The largest absolute Gasteiger partial charge is 0.456 e. The molecule has 10 nitrogen and oxygen atoms in total. The molecule has 0 aliphatic carbocycles. The van der Waals surface area contributed by atoms with Crippen LogP contribution in [0.25, 0.3) is 11.0 Å². The number of carbonyl (C=O) groups excluding carboxylic acids is 2. The third-order valence-electron chi connectivity index (χ3n) is 4.96. The minimum atomic E-state index is -4.06. The molecule has 1 aromatic carbocycles. The third-order valence-corrected chi connectivity index (χ3v) is 7.08. The van der Waals surface area contributed by atoms with Crippen LogP contribution in [0, 0.1) is 13.8 Å². The van der Waals surface area contributed by atoms with Crippen LogP contribution in [0.3, 0.4) is 0 Å². The molecule has 0 saturated heterocycles. The van der Waals surface area contributed by atoms with Crippen molar-refractivity contribution >= 4 is 44.5 Å². The van der Waals surface area contributed by atoms with E-state index in [0.29, 0.717) is 24.2 Å². The SMILES string of the molecule is COCCn1c(C)cc(C(=O)COC(=O)C(C)NS(=O)(=O)c2cccc3nsnc23)c1C. The Hall–Kier alpha value is -2.67. The summed E-state index contributed by atoms with van der Waals surface area (Å²) in [6.45, 7) is 5.64. The first-order valence-electron chi connectivity index (χ1n) is 9.74. The molecule has 172 valence electrons. The molecule has 0 aliphatic heterocycles. The number of aromatic nitrogens is 3. The molecule has 0 aliphatic rings. The fourth-order valence-electron chi connectivity index (χ4n) is 3.29. The van der Waals surface area contributed by atoms with Crippen molar-refractivity contribution in [3.05, 3.63) is 41.2 Å². The first kappa shape index (κ1) is 24.0. The molecule has 2 aromatic heterocycles. The van der Waals surface area contributed by atoms with E-state index in [2.05, 4.69) is 13.5 Å². The second kappa shape index (κ2) is 9.86. The van der Waals surface area contributed by atoms with Gasteiger partial charge in [0.2, 0.25) is 15.8 Å². The van der Waals surface area contributed by atoms with E-state index in [1.807, 2.05) is 18.4 Å². The van der Waals surface area contributed by atoms with Gasteiger partial charge in [0.25, 0.3) is 0 Å². The molecule has 0 amide bonds. The predicted molar refractivity (Wildman–Crippen MR) is 118 cm³/mol. The number of ketones is 1. The Balaban J connectivity index is 1.64. The van der Waals surface area contributed by atoms with Crippen molar-refractivity contribution in [3.63, 3.8) is 0 Å². The summed E-state index contributed by atoms with van der Waals surface area (Å²) in [4.78, 5) is 24.9. The van der Waals surface area contributed by atoms with E-state index in [1.54, 1.807) is 25.3 Å². The molecule has 3 aromatic rings. The van der Waals surface area contributed by atoms with E-state index in [1.165, 1.54) is 13.0 Å². The van der Waals surface area contributed by atoms with Crippen molar-refractivity contribution in [2.45, 2.75) is 38.3 Å². The first-order chi connectivity index (χ1) is 15.2. The topological polar surface area (TPSA) is 129 Å². The Labute approximate surface area is 189 Å². The summed E-state index contributed by atoms with van der Waals surface area (Å²) >= 11 is 0.896.